The number of nitrogens with zero attached hydrogens (tertiary/aromatic N) is 4. The molecule has 1 unspecified atom stereocenters. The van der Waals surface area contributed by atoms with E-state index < -0.39 is 0 Å². The van der Waals surface area contributed by atoms with Crippen LogP contribution in [-0.4, -0.2) is 56.9 Å². The molecule has 4 heterocycles. The van der Waals surface area contributed by atoms with Gasteiger partial charge in [-0.25, -0.2) is 9.59 Å². The van der Waals surface area contributed by atoms with Crippen molar-refractivity contribution in [3.8, 4) is 11.3 Å². The molecule has 1 spiro atoms. The second-order valence-electron chi connectivity index (χ2n) is 10.8. The Bertz CT molecular complexity index is 1350. The fourth-order valence-electron chi connectivity index (χ4n) is 5.98. The summed E-state index contributed by atoms with van der Waals surface area (Å²) in [5.41, 5.74) is 4.39. The van der Waals surface area contributed by atoms with Crippen LogP contribution in [0, 0.1) is 0 Å². The minimum Gasteiger partial charge on any atom is -0.338 e. The maximum Gasteiger partial charge on any atom is 0.319 e. The summed E-state index contributed by atoms with van der Waals surface area (Å²) in [5, 5.41) is 14.9. The molecule has 4 amide bonds. The largest absolute Gasteiger partial charge is 0.338 e. The summed E-state index contributed by atoms with van der Waals surface area (Å²) in [7, 11) is 0. The topological polar surface area (TPSA) is 104 Å². The van der Waals surface area contributed by atoms with E-state index in [1.807, 2.05) is 36.2 Å². The predicted molar refractivity (Wildman–Crippen MR) is 139 cm³/mol. The molecule has 1 saturated heterocycles. The summed E-state index contributed by atoms with van der Waals surface area (Å²) in [5.74, 6) is 0. The Morgan fingerprint density at radius 2 is 1.94 bits per heavy atom. The van der Waals surface area contributed by atoms with E-state index in [1.165, 1.54) is 5.69 Å². The maximum absolute atomic E-state index is 12.7. The van der Waals surface area contributed by atoms with Crippen LogP contribution in [0.25, 0.3) is 22.2 Å². The third-order valence-electron chi connectivity index (χ3n) is 8.24. The minimum atomic E-state index is -0.184. The number of pyridine rings is 1. The van der Waals surface area contributed by atoms with Gasteiger partial charge < -0.3 is 20.9 Å². The lowest BCUT2D eigenvalue weighted by Crippen LogP contribution is -2.52. The first-order valence-corrected chi connectivity index (χ1v) is 13.0. The number of nitrogens with one attached hydrogen (secondary N) is 3. The van der Waals surface area contributed by atoms with Crippen molar-refractivity contribution in [2.24, 2.45) is 0 Å². The van der Waals surface area contributed by atoms with Crippen molar-refractivity contribution < 1.29 is 9.59 Å². The second-order valence-corrected chi connectivity index (χ2v) is 10.8. The van der Waals surface area contributed by atoms with Gasteiger partial charge in [-0.15, -0.1) is 0 Å². The van der Waals surface area contributed by atoms with Crippen LogP contribution in [0.1, 0.15) is 51.6 Å². The molecule has 188 valence electrons. The van der Waals surface area contributed by atoms with Crippen molar-refractivity contribution in [2.75, 3.05) is 25.0 Å². The smallest absolute Gasteiger partial charge is 0.319 e. The standard InChI is InChI=1S/C27H33N7O2/c1-3-28-25(36)33-12-10-27(17-33)11-13-34-23(27)15-22(32-34)18-14-19-20(29-16-18)6-4-7-21(19)30-24(35)31-26(2)8-5-9-26/h4,6-7,14-16H,3,5,8-13,17H2,1-2H3,(H,28,36)(H2,30,31,35). The Balaban J connectivity index is 1.26. The van der Waals surface area contributed by atoms with E-state index in [9.17, 15) is 9.59 Å². The van der Waals surface area contributed by atoms with Gasteiger partial charge >= 0.3 is 12.1 Å². The third kappa shape index (κ3) is 3.86. The highest BCUT2D eigenvalue weighted by Gasteiger charge is 2.46. The van der Waals surface area contributed by atoms with Gasteiger partial charge in [-0.05, 0) is 70.2 Å². The van der Waals surface area contributed by atoms with Gasteiger partial charge in [-0.1, -0.05) is 6.07 Å². The van der Waals surface area contributed by atoms with Crippen LogP contribution in [0.2, 0.25) is 0 Å². The SMILES string of the molecule is CCNC(=O)N1CCC2(CCn3nc(-c4cnc5cccc(NC(=O)NC6(C)CCC6)c5c4)cc32)C1. The third-order valence-corrected chi connectivity index (χ3v) is 8.24. The lowest BCUT2D eigenvalue weighted by molar-refractivity contribution is 0.200. The number of carbonyl (C=O) groups excluding carboxylic acids is 2. The molecular formula is C27H33N7O2. The highest BCUT2D eigenvalue weighted by atomic mass is 16.2. The molecule has 3 N–H and O–H groups in total. The van der Waals surface area contributed by atoms with Gasteiger partial charge in [0, 0.05) is 60.0 Å². The lowest BCUT2D eigenvalue weighted by Gasteiger charge is -2.39. The highest BCUT2D eigenvalue weighted by Crippen LogP contribution is 2.44. The van der Waals surface area contributed by atoms with Crippen LogP contribution in [0.3, 0.4) is 0 Å². The first kappa shape index (κ1) is 22.8. The molecule has 3 aliphatic rings. The molecule has 9 nitrogen and oxygen atoms in total. The number of aryl methyl sites for hydroxylation is 1. The van der Waals surface area contributed by atoms with Gasteiger partial charge in [-0.2, -0.15) is 5.10 Å². The zero-order valence-corrected chi connectivity index (χ0v) is 20.9. The first-order valence-electron chi connectivity index (χ1n) is 13.0. The monoisotopic (exact) mass is 487 g/mol. The Hall–Kier alpha value is -3.62. The molecule has 2 aromatic heterocycles. The molecule has 1 aliphatic carbocycles. The van der Waals surface area contributed by atoms with E-state index in [1.54, 1.807) is 0 Å². The van der Waals surface area contributed by atoms with Crippen LogP contribution in [0.15, 0.2) is 36.5 Å². The molecule has 0 bridgehead atoms. The molecule has 1 saturated carbocycles. The summed E-state index contributed by atoms with van der Waals surface area (Å²) in [6, 6.07) is 9.82. The zero-order chi connectivity index (χ0) is 24.9. The molecule has 2 fully saturated rings. The zero-order valence-electron chi connectivity index (χ0n) is 20.9. The second kappa shape index (κ2) is 8.50. The number of anilines is 1. The molecule has 6 rings (SSSR count). The Morgan fingerprint density at radius 1 is 1.11 bits per heavy atom. The van der Waals surface area contributed by atoms with Gasteiger partial charge in [0.05, 0.1) is 16.9 Å². The van der Waals surface area contributed by atoms with Gasteiger partial charge in [0.15, 0.2) is 0 Å². The Kier molecular flexibility index (Phi) is 5.39. The summed E-state index contributed by atoms with van der Waals surface area (Å²) in [6.45, 7) is 7.01. The number of hydrogen-bond donors (Lipinski definition) is 3. The van der Waals surface area contributed by atoms with E-state index in [0.29, 0.717) is 6.54 Å². The number of urea groups is 2. The Morgan fingerprint density at radius 3 is 2.72 bits per heavy atom. The number of aromatic nitrogens is 3. The number of rotatable bonds is 4. The molecule has 1 atom stereocenters. The maximum atomic E-state index is 12.7. The number of amides is 4. The van der Waals surface area contributed by atoms with E-state index in [4.69, 9.17) is 5.10 Å². The number of benzene rings is 1. The van der Waals surface area contributed by atoms with Crippen molar-refractivity contribution in [3.05, 3.63) is 42.2 Å². The molecular weight excluding hydrogens is 454 g/mol. The molecule has 2 aliphatic heterocycles. The van der Waals surface area contributed by atoms with Crippen LogP contribution in [0.5, 0.6) is 0 Å². The van der Waals surface area contributed by atoms with Crippen LogP contribution < -0.4 is 16.0 Å². The molecule has 1 aromatic carbocycles. The summed E-state index contributed by atoms with van der Waals surface area (Å²) < 4.78 is 2.09. The number of carbonyl (C=O) groups is 2. The van der Waals surface area contributed by atoms with Gasteiger partial charge in [0.2, 0.25) is 0 Å². The van der Waals surface area contributed by atoms with E-state index >= 15 is 0 Å². The Labute approximate surface area is 210 Å². The van der Waals surface area contributed by atoms with Gasteiger partial charge in [-0.3, -0.25) is 9.67 Å². The quantitative estimate of drug-likeness (QED) is 0.512. The predicted octanol–water partition coefficient (Wildman–Crippen LogP) is 4.24. The van der Waals surface area contributed by atoms with Crippen molar-refractivity contribution in [1.82, 2.24) is 30.3 Å². The molecule has 9 heteroatoms. The highest BCUT2D eigenvalue weighted by molar-refractivity contribution is 6.01. The number of likely N-dealkylation sites (tertiary alicyclic amines) is 1. The fourth-order valence-corrected chi connectivity index (χ4v) is 5.98. The van der Waals surface area contributed by atoms with Crippen LogP contribution in [-0.2, 0) is 12.0 Å². The molecule has 0 radical (unpaired) electrons. The van der Waals surface area contributed by atoms with Crippen molar-refractivity contribution in [1.29, 1.82) is 0 Å². The normalized spacial score (nSPS) is 21.9. The van der Waals surface area contributed by atoms with Crippen molar-refractivity contribution >= 4 is 28.7 Å². The number of fused-ring (bicyclic) bond motifs is 3. The molecule has 3 aromatic rings. The average Bonchev–Trinajstić information content (AvgIpc) is 3.55. The van der Waals surface area contributed by atoms with E-state index in [2.05, 4.69) is 44.7 Å². The average molecular weight is 488 g/mol. The van der Waals surface area contributed by atoms with Crippen LogP contribution >= 0.6 is 0 Å². The summed E-state index contributed by atoms with van der Waals surface area (Å²) >= 11 is 0. The molecule has 36 heavy (non-hydrogen) atoms. The summed E-state index contributed by atoms with van der Waals surface area (Å²) in [4.78, 5) is 31.7. The summed E-state index contributed by atoms with van der Waals surface area (Å²) in [6.07, 6.45) is 6.97. The fraction of sp³-hybridized carbons (Fsp3) is 0.481. The lowest BCUT2D eigenvalue weighted by atomic mass is 9.79. The van der Waals surface area contributed by atoms with Crippen molar-refractivity contribution in [3.63, 3.8) is 0 Å². The van der Waals surface area contributed by atoms with Crippen molar-refractivity contribution in [2.45, 2.75) is 63.5 Å². The van der Waals surface area contributed by atoms with Crippen LogP contribution in [0.4, 0.5) is 15.3 Å². The van der Waals surface area contributed by atoms with E-state index in [-0.39, 0.29) is 23.0 Å². The van der Waals surface area contributed by atoms with E-state index in [0.717, 1.165) is 79.6 Å². The minimum absolute atomic E-state index is 0.0154. The first-order chi connectivity index (χ1) is 17.4. The van der Waals surface area contributed by atoms with Gasteiger partial charge in [0.25, 0.3) is 0 Å². The van der Waals surface area contributed by atoms with Gasteiger partial charge in [0.1, 0.15) is 0 Å². The number of hydrogen-bond acceptors (Lipinski definition) is 4.